The van der Waals surface area contributed by atoms with Gasteiger partial charge in [-0.15, -0.1) is 0 Å². The smallest absolute Gasteiger partial charge is 0.293 e. The second-order valence-electron chi connectivity index (χ2n) is 5.58. The Kier molecular flexibility index (Phi) is 4.52. The van der Waals surface area contributed by atoms with Crippen LogP contribution in [-0.2, 0) is 0 Å². The van der Waals surface area contributed by atoms with Crippen LogP contribution in [0.3, 0.4) is 0 Å². The van der Waals surface area contributed by atoms with Crippen molar-refractivity contribution >= 4 is 17.3 Å². The summed E-state index contributed by atoms with van der Waals surface area (Å²) in [5.41, 5.74) is 0.622. The Bertz CT molecular complexity index is 774. The van der Waals surface area contributed by atoms with Crippen molar-refractivity contribution in [3.05, 3.63) is 52.3 Å². The van der Waals surface area contributed by atoms with Crippen LogP contribution in [0.25, 0.3) is 0 Å². The van der Waals surface area contributed by atoms with E-state index in [0.29, 0.717) is 18.2 Å². The Hall–Kier alpha value is -3.21. The van der Waals surface area contributed by atoms with Crippen LogP contribution in [0.15, 0.2) is 36.7 Å². The minimum atomic E-state index is -0.468. The summed E-state index contributed by atoms with van der Waals surface area (Å²) in [4.78, 5) is 21.4. The number of hydrogen-bond donors (Lipinski definition) is 1. The molecule has 8 heteroatoms. The van der Waals surface area contributed by atoms with Gasteiger partial charge in [0, 0.05) is 37.6 Å². The van der Waals surface area contributed by atoms with Gasteiger partial charge in [-0.2, -0.15) is 5.26 Å². The molecule has 1 aromatic carbocycles. The number of nitriles is 1. The molecule has 0 aliphatic carbocycles. The van der Waals surface area contributed by atoms with Crippen molar-refractivity contribution in [3.63, 3.8) is 0 Å². The van der Waals surface area contributed by atoms with E-state index in [0.717, 1.165) is 19.4 Å². The number of benzene rings is 1. The monoisotopic (exact) mass is 324 g/mol. The second kappa shape index (κ2) is 6.91. The highest BCUT2D eigenvalue weighted by Gasteiger charge is 2.24. The molecule has 8 nitrogen and oxygen atoms in total. The molecule has 1 aromatic heterocycles. The molecule has 0 radical (unpaired) electrons. The molecule has 0 spiro atoms. The van der Waals surface area contributed by atoms with Gasteiger partial charge in [-0.3, -0.25) is 10.1 Å². The quantitative estimate of drug-likeness (QED) is 0.679. The number of rotatable bonds is 4. The van der Waals surface area contributed by atoms with Gasteiger partial charge in [0.15, 0.2) is 0 Å². The zero-order valence-electron chi connectivity index (χ0n) is 12.9. The molecule has 1 atom stereocenters. The fraction of sp³-hybridized carbons (Fsp3) is 0.312. The van der Waals surface area contributed by atoms with Crippen LogP contribution in [0.4, 0.5) is 17.3 Å². The van der Waals surface area contributed by atoms with E-state index in [-0.39, 0.29) is 17.3 Å². The molecular formula is C16H16N6O2. The molecule has 0 bridgehead atoms. The van der Waals surface area contributed by atoms with Gasteiger partial charge in [0.2, 0.25) is 5.95 Å². The van der Waals surface area contributed by atoms with Crippen molar-refractivity contribution in [1.29, 1.82) is 5.26 Å². The molecule has 3 rings (SSSR count). The number of hydrogen-bond acceptors (Lipinski definition) is 7. The average Bonchev–Trinajstić information content (AvgIpc) is 2.63. The normalized spacial score (nSPS) is 17.1. The molecule has 0 amide bonds. The maximum atomic E-state index is 11.2. The Morgan fingerprint density at radius 1 is 1.38 bits per heavy atom. The highest BCUT2D eigenvalue weighted by Crippen LogP contribution is 2.28. The van der Waals surface area contributed by atoms with Gasteiger partial charge in [0.05, 0.1) is 16.6 Å². The molecule has 0 saturated carbocycles. The summed E-state index contributed by atoms with van der Waals surface area (Å²) in [6.07, 6.45) is 5.25. The Morgan fingerprint density at radius 3 is 2.88 bits per heavy atom. The molecule has 1 N–H and O–H groups in total. The maximum Gasteiger partial charge on any atom is 0.293 e. The first kappa shape index (κ1) is 15.7. The summed E-state index contributed by atoms with van der Waals surface area (Å²) in [6.45, 7) is 1.53. The minimum Gasteiger partial charge on any atom is -0.375 e. The predicted octanol–water partition coefficient (Wildman–Crippen LogP) is 2.34. The predicted molar refractivity (Wildman–Crippen MR) is 88.7 cm³/mol. The fourth-order valence-electron chi connectivity index (χ4n) is 2.83. The number of anilines is 2. The molecule has 2 heterocycles. The Labute approximate surface area is 138 Å². The van der Waals surface area contributed by atoms with Crippen molar-refractivity contribution in [3.8, 4) is 6.07 Å². The SMILES string of the molecule is N#Cc1ccc(N[C@@H]2CCCN(c3ncccn3)C2)c([N+](=O)[O-])c1. The van der Waals surface area contributed by atoms with Crippen LogP contribution in [0, 0.1) is 21.4 Å². The molecule has 0 unspecified atom stereocenters. The van der Waals surface area contributed by atoms with Crippen LogP contribution >= 0.6 is 0 Å². The lowest BCUT2D eigenvalue weighted by molar-refractivity contribution is -0.384. The number of nitro benzene ring substituents is 1. The number of piperidine rings is 1. The lowest BCUT2D eigenvalue weighted by Gasteiger charge is -2.33. The minimum absolute atomic E-state index is 0.0502. The van der Waals surface area contributed by atoms with E-state index in [2.05, 4.69) is 20.2 Å². The number of nitro groups is 1. The summed E-state index contributed by atoms with van der Waals surface area (Å²) in [5, 5.41) is 23.4. The first-order chi connectivity index (χ1) is 11.7. The molecule has 1 aliphatic rings. The molecule has 1 aliphatic heterocycles. The van der Waals surface area contributed by atoms with Gasteiger partial charge in [-0.05, 0) is 31.0 Å². The van der Waals surface area contributed by atoms with Crippen LogP contribution in [0.5, 0.6) is 0 Å². The fourth-order valence-corrected chi connectivity index (χ4v) is 2.83. The standard InChI is InChI=1S/C16H16N6O2/c17-10-12-4-5-14(15(9-12)22(23)24)20-13-3-1-8-21(11-13)16-18-6-2-7-19-16/h2,4-7,9,13,20H,1,3,8,11H2/t13-/m1/s1. The van der Waals surface area contributed by atoms with E-state index < -0.39 is 4.92 Å². The van der Waals surface area contributed by atoms with Gasteiger partial charge >= 0.3 is 0 Å². The van der Waals surface area contributed by atoms with Gasteiger partial charge in [0.25, 0.3) is 5.69 Å². The third-order valence-corrected chi connectivity index (χ3v) is 3.94. The lowest BCUT2D eigenvalue weighted by Crippen LogP contribution is -2.43. The zero-order valence-corrected chi connectivity index (χ0v) is 12.9. The summed E-state index contributed by atoms with van der Waals surface area (Å²) in [7, 11) is 0. The Balaban J connectivity index is 1.76. The molecule has 1 saturated heterocycles. The van der Waals surface area contributed by atoms with Gasteiger partial charge in [-0.25, -0.2) is 9.97 Å². The van der Waals surface area contributed by atoms with E-state index >= 15 is 0 Å². The topological polar surface area (TPSA) is 108 Å². The van der Waals surface area contributed by atoms with E-state index in [4.69, 9.17) is 5.26 Å². The molecule has 24 heavy (non-hydrogen) atoms. The first-order valence-electron chi connectivity index (χ1n) is 7.64. The number of aromatic nitrogens is 2. The maximum absolute atomic E-state index is 11.2. The van der Waals surface area contributed by atoms with Crippen molar-refractivity contribution in [1.82, 2.24) is 9.97 Å². The lowest BCUT2D eigenvalue weighted by atomic mass is 10.0. The van der Waals surface area contributed by atoms with E-state index in [1.165, 1.54) is 6.07 Å². The summed E-state index contributed by atoms with van der Waals surface area (Å²) >= 11 is 0. The largest absolute Gasteiger partial charge is 0.375 e. The van der Waals surface area contributed by atoms with Gasteiger partial charge in [0.1, 0.15) is 5.69 Å². The number of nitrogens with zero attached hydrogens (tertiary/aromatic N) is 5. The molecule has 1 fully saturated rings. The van der Waals surface area contributed by atoms with Crippen LogP contribution in [-0.4, -0.2) is 34.0 Å². The van der Waals surface area contributed by atoms with Gasteiger partial charge < -0.3 is 10.2 Å². The summed E-state index contributed by atoms with van der Waals surface area (Å²) in [5.74, 6) is 0.665. The van der Waals surface area contributed by atoms with E-state index in [1.807, 2.05) is 6.07 Å². The van der Waals surface area contributed by atoms with Crippen molar-refractivity contribution in [2.24, 2.45) is 0 Å². The van der Waals surface area contributed by atoms with Crippen molar-refractivity contribution in [2.45, 2.75) is 18.9 Å². The second-order valence-corrected chi connectivity index (χ2v) is 5.58. The zero-order chi connectivity index (χ0) is 16.9. The van der Waals surface area contributed by atoms with E-state index in [9.17, 15) is 10.1 Å². The molecular weight excluding hydrogens is 308 g/mol. The molecule has 122 valence electrons. The highest BCUT2D eigenvalue weighted by molar-refractivity contribution is 5.64. The Morgan fingerprint density at radius 2 is 2.17 bits per heavy atom. The first-order valence-corrected chi connectivity index (χ1v) is 7.64. The third kappa shape index (κ3) is 3.41. The average molecular weight is 324 g/mol. The summed E-state index contributed by atoms with van der Waals surface area (Å²) < 4.78 is 0. The van der Waals surface area contributed by atoms with Crippen LogP contribution < -0.4 is 10.2 Å². The summed E-state index contributed by atoms with van der Waals surface area (Å²) in [6, 6.07) is 8.21. The third-order valence-electron chi connectivity index (χ3n) is 3.94. The van der Waals surface area contributed by atoms with Crippen LogP contribution in [0.1, 0.15) is 18.4 Å². The highest BCUT2D eigenvalue weighted by atomic mass is 16.6. The van der Waals surface area contributed by atoms with Crippen molar-refractivity contribution < 1.29 is 4.92 Å². The van der Waals surface area contributed by atoms with E-state index in [1.54, 1.807) is 30.6 Å². The van der Waals surface area contributed by atoms with Crippen LogP contribution in [0.2, 0.25) is 0 Å². The van der Waals surface area contributed by atoms with Gasteiger partial charge in [-0.1, -0.05) is 0 Å². The van der Waals surface area contributed by atoms with Crippen molar-refractivity contribution in [2.75, 3.05) is 23.3 Å². The molecule has 2 aromatic rings. The number of nitrogens with one attached hydrogen (secondary N) is 1.